The van der Waals surface area contributed by atoms with Crippen molar-refractivity contribution in [2.24, 2.45) is 11.8 Å². The van der Waals surface area contributed by atoms with E-state index in [1.54, 1.807) is 7.05 Å². The first kappa shape index (κ1) is 13.5. The highest BCUT2D eigenvalue weighted by Crippen LogP contribution is 2.32. The van der Waals surface area contributed by atoms with Gasteiger partial charge in [0.25, 0.3) is 0 Å². The van der Waals surface area contributed by atoms with Crippen LogP contribution in [0.4, 0.5) is 17.3 Å². The maximum absolute atomic E-state index is 11.1. The maximum atomic E-state index is 11.1. The van der Waals surface area contributed by atoms with Crippen LogP contribution in [0.25, 0.3) is 0 Å². The Morgan fingerprint density at radius 3 is 2.74 bits per heavy atom. The van der Waals surface area contributed by atoms with E-state index in [4.69, 9.17) is 0 Å². The van der Waals surface area contributed by atoms with E-state index >= 15 is 0 Å². The summed E-state index contributed by atoms with van der Waals surface area (Å²) in [4.78, 5) is 18.5. The van der Waals surface area contributed by atoms with Crippen LogP contribution in [-0.2, 0) is 0 Å². The molecule has 0 aromatic carbocycles. The first-order chi connectivity index (χ1) is 9.11. The summed E-state index contributed by atoms with van der Waals surface area (Å²) >= 11 is 0. The molecule has 2 atom stereocenters. The fourth-order valence-electron chi connectivity index (χ4n) is 2.62. The number of hydrogen-bond donors (Lipinski definition) is 2. The minimum absolute atomic E-state index is 0.0870. The number of nitro groups is 1. The molecule has 1 aromatic rings. The Morgan fingerprint density at radius 1 is 1.42 bits per heavy atom. The summed E-state index contributed by atoms with van der Waals surface area (Å²) in [6.45, 7) is 2.97. The molecule has 1 fully saturated rings. The fourth-order valence-corrected chi connectivity index (χ4v) is 2.62. The Hall–Kier alpha value is -1.92. The van der Waals surface area contributed by atoms with Crippen LogP contribution < -0.4 is 10.6 Å². The zero-order valence-corrected chi connectivity index (χ0v) is 11.2. The highest BCUT2D eigenvalue weighted by molar-refractivity contribution is 5.68. The molecule has 19 heavy (non-hydrogen) atoms. The first-order valence-electron chi connectivity index (χ1n) is 6.52. The second-order valence-electron chi connectivity index (χ2n) is 5.09. The maximum Gasteiger partial charge on any atom is 0.353 e. The monoisotopic (exact) mass is 265 g/mol. The Morgan fingerprint density at radius 2 is 2.16 bits per heavy atom. The summed E-state index contributed by atoms with van der Waals surface area (Å²) in [5.74, 6) is 1.86. The van der Waals surface area contributed by atoms with E-state index < -0.39 is 4.92 Å². The van der Waals surface area contributed by atoms with E-state index in [1.165, 1.54) is 25.6 Å². The Bertz CT molecular complexity index is 465. The quantitative estimate of drug-likeness (QED) is 0.626. The number of rotatable bonds is 5. The third kappa shape index (κ3) is 3.10. The van der Waals surface area contributed by atoms with E-state index in [-0.39, 0.29) is 11.5 Å². The predicted molar refractivity (Wildman–Crippen MR) is 73.2 cm³/mol. The summed E-state index contributed by atoms with van der Waals surface area (Å²) in [5.41, 5.74) is -0.0870. The van der Waals surface area contributed by atoms with Gasteiger partial charge in [0.05, 0.1) is 4.92 Å². The molecule has 0 saturated heterocycles. The highest BCUT2D eigenvalue weighted by atomic mass is 16.6. The van der Waals surface area contributed by atoms with Gasteiger partial charge < -0.3 is 10.6 Å². The largest absolute Gasteiger partial charge is 0.367 e. The van der Waals surface area contributed by atoms with Crippen LogP contribution in [0.3, 0.4) is 0 Å². The van der Waals surface area contributed by atoms with Gasteiger partial charge in [-0.2, -0.15) is 0 Å². The lowest BCUT2D eigenvalue weighted by atomic mass is 10.1. The smallest absolute Gasteiger partial charge is 0.353 e. The molecule has 104 valence electrons. The molecule has 0 aliphatic heterocycles. The topological polar surface area (TPSA) is 93.0 Å². The lowest BCUT2D eigenvalue weighted by molar-refractivity contribution is -0.383. The lowest BCUT2D eigenvalue weighted by Crippen LogP contribution is -2.14. The molecular weight excluding hydrogens is 246 g/mol. The number of hydrogen-bond acceptors (Lipinski definition) is 6. The third-order valence-corrected chi connectivity index (χ3v) is 3.60. The molecule has 7 heteroatoms. The van der Waals surface area contributed by atoms with Crippen molar-refractivity contribution in [3.63, 3.8) is 0 Å². The van der Waals surface area contributed by atoms with Crippen molar-refractivity contribution in [3.05, 3.63) is 16.4 Å². The van der Waals surface area contributed by atoms with Gasteiger partial charge in [-0.1, -0.05) is 13.3 Å². The molecule has 1 aliphatic rings. The summed E-state index contributed by atoms with van der Waals surface area (Å²) < 4.78 is 0. The van der Waals surface area contributed by atoms with Crippen LogP contribution >= 0.6 is 0 Å². The minimum Gasteiger partial charge on any atom is -0.367 e. The van der Waals surface area contributed by atoms with Gasteiger partial charge in [0, 0.05) is 13.6 Å². The number of nitrogens with one attached hydrogen (secondary N) is 2. The van der Waals surface area contributed by atoms with Crippen molar-refractivity contribution in [3.8, 4) is 0 Å². The molecule has 1 aliphatic carbocycles. The van der Waals surface area contributed by atoms with Crippen molar-refractivity contribution in [2.75, 3.05) is 24.2 Å². The van der Waals surface area contributed by atoms with Gasteiger partial charge in [0.1, 0.15) is 6.33 Å². The number of aromatic nitrogens is 2. The highest BCUT2D eigenvalue weighted by Gasteiger charge is 2.25. The minimum atomic E-state index is -0.453. The van der Waals surface area contributed by atoms with Crippen LogP contribution in [0.5, 0.6) is 0 Å². The van der Waals surface area contributed by atoms with Crippen molar-refractivity contribution < 1.29 is 4.92 Å². The predicted octanol–water partition coefficient (Wildman–Crippen LogP) is 2.27. The van der Waals surface area contributed by atoms with Crippen molar-refractivity contribution in [1.82, 2.24) is 9.97 Å². The molecule has 0 radical (unpaired) electrons. The van der Waals surface area contributed by atoms with E-state index in [2.05, 4.69) is 27.5 Å². The zero-order chi connectivity index (χ0) is 13.8. The van der Waals surface area contributed by atoms with Crippen LogP contribution in [0.1, 0.15) is 26.2 Å². The molecule has 1 heterocycles. The average molecular weight is 265 g/mol. The molecule has 7 nitrogen and oxygen atoms in total. The van der Waals surface area contributed by atoms with Crippen LogP contribution in [0.2, 0.25) is 0 Å². The molecule has 0 amide bonds. The van der Waals surface area contributed by atoms with Gasteiger partial charge in [-0.25, -0.2) is 9.97 Å². The van der Waals surface area contributed by atoms with E-state index in [0.29, 0.717) is 11.7 Å². The molecular formula is C12H19N5O2. The summed E-state index contributed by atoms with van der Waals surface area (Å²) in [7, 11) is 1.61. The Kier molecular flexibility index (Phi) is 4.13. The van der Waals surface area contributed by atoms with Crippen LogP contribution in [0.15, 0.2) is 6.33 Å². The lowest BCUT2D eigenvalue weighted by Gasteiger charge is -2.12. The molecule has 0 bridgehead atoms. The average Bonchev–Trinajstić information content (AvgIpc) is 2.81. The van der Waals surface area contributed by atoms with Crippen molar-refractivity contribution >= 4 is 17.3 Å². The summed E-state index contributed by atoms with van der Waals surface area (Å²) in [6, 6.07) is 0. The number of nitrogens with zero attached hydrogens (tertiary/aromatic N) is 3. The normalized spacial score (nSPS) is 22.2. The fraction of sp³-hybridized carbons (Fsp3) is 0.667. The molecule has 1 saturated carbocycles. The van der Waals surface area contributed by atoms with Crippen LogP contribution in [-0.4, -0.2) is 28.5 Å². The summed E-state index contributed by atoms with van der Waals surface area (Å²) in [5, 5.41) is 16.9. The second kappa shape index (κ2) is 5.81. The Labute approximate surface area is 112 Å². The third-order valence-electron chi connectivity index (χ3n) is 3.60. The van der Waals surface area contributed by atoms with Crippen molar-refractivity contribution in [1.29, 1.82) is 0 Å². The van der Waals surface area contributed by atoms with E-state index in [1.807, 2.05) is 0 Å². The van der Waals surface area contributed by atoms with E-state index in [9.17, 15) is 10.1 Å². The molecule has 0 spiro atoms. The Balaban J connectivity index is 2.09. The van der Waals surface area contributed by atoms with Gasteiger partial charge in [-0.05, 0) is 24.7 Å². The molecule has 2 unspecified atom stereocenters. The molecule has 2 N–H and O–H groups in total. The second-order valence-corrected chi connectivity index (χ2v) is 5.09. The summed E-state index contributed by atoms with van der Waals surface area (Å²) in [6.07, 6.45) is 4.91. The van der Waals surface area contributed by atoms with Gasteiger partial charge >= 0.3 is 5.69 Å². The van der Waals surface area contributed by atoms with E-state index in [0.717, 1.165) is 12.5 Å². The number of anilines is 2. The SMILES string of the molecule is CNc1ncnc(NCC2CCC(C)C2)c1[N+](=O)[O-]. The molecule has 2 rings (SSSR count). The van der Waals surface area contributed by atoms with Gasteiger partial charge in [0.2, 0.25) is 11.6 Å². The zero-order valence-electron chi connectivity index (χ0n) is 11.2. The van der Waals surface area contributed by atoms with Crippen LogP contribution in [0, 0.1) is 22.0 Å². The van der Waals surface area contributed by atoms with Gasteiger partial charge in [0.15, 0.2) is 0 Å². The molecule has 1 aromatic heterocycles. The standard InChI is InChI=1S/C12H19N5O2/c1-8-3-4-9(5-8)6-14-12-10(17(18)19)11(13-2)15-7-16-12/h7-9H,3-6H2,1-2H3,(H2,13,14,15,16). The van der Waals surface area contributed by atoms with Gasteiger partial charge in [-0.15, -0.1) is 0 Å². The first-order valence-corrected chi connectivity index (χ1v) is 6.52. The van der Waals surface area contributed by atoms with Gasteiger partial charge in [-0.3, -0.25) is 10.1 Å². The van der Waals surface area contributed by atoms with Crippen molar-refractivity contribution in [2.45, 2.75) is 26.2 Å².